The lowest BCUT2D eigenvalue weighted by atomic mass is 10.2. The normalized spacial score (nSPS) is 9.06. The first-order chi connectivity index (χ1) is 7.79. The Labute approximate surface area is 92.4 Å². The summed E-state index contributed by atoms with van der Waals surface area (Å²) in [7, 11) is 1.30. The zero-order valence-corrected chi connectivity index (χ0v) is 8.79. The molecular weight excluding hydrogens is 210 g/mol. The Kier molecular flexibility index (Phi) is 4.69. The van der Waals surface area contributed by atoms with Crippen LogP contribution in [0.5, 0.6) is 5.75 Å². The van der Waals surface area contributed by atoms with Gasteiger partial charge in [-0.25, -0.2) is 4.79 Å². The van der Waals surface area contributed by atoms with Crippen LogP contribution in [0.4, 0.5) is 0 Å². The molecule has 1 aromatic rings. The number of rotatable bonds is 5. The Morgan fingerprint density at radius 3 is 2.94 bits per heavy atom. The molecule has 6 heteroatoms. The average molecular weight is 221 g/mol. The Morgan fingerprint density at radius 2 is 2.25 bits per heavy atom. The Balaban J connectivity index is 2.71. The van der Waals surface area contributed by atoms with E-state index in [1.807, 2.05) is 0 Å². The number of carbonyl (C=O) groups is 1. The molecule has 16 heavy (non-hydrogen) atoms. The molecule has 0 aromatic heterocycles. The van der Waals surface area contributed by atoms with Gasteiger partial charge in [0, 0.05) is 4.91 Å². The van der Waals surface area contributed by atoms with Gasteiger partial charge in [0.25, 0.3) is 0 Å². The number of methoxy groups -OCH3 is 1. The standard InChI is InChI=1S/C10H11N3O3/c1-15-10(14)8-4-2-3-5-9(8)16-7-6-12-13-11/h2-5H,6-7H2,1H3. The predicted molar refractivity (Wildman–Crippen MR) is 57.3 cm³/mol. The van der Waals surface area contributed by atoms with E-state index in [4.69, 9.17) is 10.3 Å². The van der Waals surface area contributed by atoms with E-state index in [9.17, 15) is 4.79 Å². The molecule has 84 valence electrons. The van der Waals surface area contributed by atoms with Gasteiger partial charge >= 0.3 is 5.97 Å². The SMILES string of the molecule is COC(=O)c1ccccc1OCCN=[N+]=[N-]. The van der Waals surface area contributed by atoms with Crippen molar-refractivity contribution < 1.29 is 14.3 Å². The third-order valence-electron chi connectivity index (χ3n) is 1.80. The summed E-state index contributed by atoms with van der Waals surface area (Å²) in [6.45, 7) is 0.435. The van der Waals surface area contributed by atoms with Crippen molar-refractivity contribution in [2.45, 2.75) is 0 Å². The minimum absolute atomic E-state index is 0.214. The minimum atomic E-state index is -0.459. The second-order valence-corrected chi connectivity index (χ2v) is 2.79. The number of carbonyl (C=O) groups excluding carboxylic acids is 1. The van der Waals surface area contributed by atoms with Crippen molar-refractivity contribution >= 4 is 5.97 Å². The smallest absolute Gasteiger partial charge is 0.341 e. The molecule has 0 aliphatic heterocycles. The number of hydrogen-bond acceptors (Lipinski definition) is 4. The van der Waals surface area contributed by atoms with E-state index in [-0.39, 0.29) is 13.2 Å². The molecule has 0 saturated heterocycles. The highest BCUT2D eigenvalue weighted by atomic mass is 16.5. The monoisotopic (exact) mass is 221 g/mol. The summed E-state index contributed by atoms with van der Waals surface area (Å²) < 4.78 is 9.90. The number of nitrogens with zero attached hydrogens (tertiary/aromatic N) is 3. The second kappa shape index (κ2) is 6.31. The van der Waals surface area contributed by atoms with Crippen molar-refractivity contribution in [3.8, 4) is 5.75 Å². The zero-order chi connectivity index (χ0) is 11.8. The summed E-state index contributed by atoms with van der Waals surface area (Å²) in [5.41, 5.74) is 8.43. The van der Waals surface area contributed by atoms with Gasteiger partial charge in [0.1, 0.15) is 11.3 Å². The van der Waals surface area contributed by atoms with E-state index in [1.54, 1.807) is 24.3 Å². The number of para-hydroxylation sites is 1. The fourth-order valence-electron chi connectivity index (χ4n) is 1.11. The van der Waals surface area contributed by atoms with Gasteiger partial charge in [-0.05, 0) is 17.7 Å². The van der Waals surface area contributed by atoms with Gasteiger partial charge < -0.3 is 9.47 Å². The number of ether oxygens (including phenoxy) is 2. The highest BCUT2D eigenvalue weighted by Crippen LogP contribution is 2.18. The Bertz CT molecular complexity index is 414. The van der Waals surface area contributed by atoms with Crippen LogP contribution in [-0.2, 0) is 4.74 Å². The lowest BCUT2D eigenvalue weighted by Crippen LogP contribution is -2.07. The maximum Gasteiger partial charge on any atom is 0.341 e. The maximum absolute atomic E-state index is 11.3. The van der Waals surface area contributed by atoms with Crippen LogP contribution in [0.25, 0.3) is 10.4 Å². The summed E-state index contributed by atoms with van der Waals surface area (Å²) in [6.07, 6.45) is 0. The predicted octanol–water partition coefficient (Wildman–Crippen LogP) is 2.16. The maximum atomic E-state index is 11.3. The summed E-state index contributed by atoms with van der Waals surface area (Å²) in [5, 5.41) is 3.32. The number of esters is 1. The summed E-state index contributed by atoms with van der Waals surface area (Å²) in [5.74, 6) is -0.0399. The molecule has 0 fully saturated rings. The van der Waals surface area contributed by atoms with E-state index < -0.39 is 5.97 Å². The molecule has 0 bridgehead atoms. The first-order valence-corrected chi connectivity index (χ1v) is 4.60. The molecule has 0 N–H and O–H groups in total. The van der Waals surface area contributed by atoms with E-state index in [2.05, 4.69) is 14.8 Å². The Hall–Kier alpha value is -2.20. The lowest BCUT2D eigenvalue weighted by molar-refractivity contribution is 0.0596. The van der Waals surface area contributed by atoms with Gasteiger partial charge in [-0.15, -0.1) is 0 Å². The molecule has 1 aromatic carbocycles. The largest absolute Gasteiger partial charge is 0.493 e. The van der Waals surface area contributed by atoms with Crippen molar-refractivity contribution in [2.75, 3.05) is 20.3 Å². The average Bonchev–Trinajstić information content (AvgIpc) is 2.34. The molecule has 0 aliphatic carbocycles. The van der Waals surface area contributed by atoms with Crippen LogP contribution < -0.4 is 4.74 Å². The van der Waals surface area contributed by atoms with Crippen molar-refractivity contribution in [1.82, 2.24) is 0 Å². The molecular formula is C10H11N3O3. The van der Waals surface area contributed by atoms with Crippen LogP contribution in [0.2, 0.25) is 0 Å². The zero-order valence-electron chi connectivity index (χ0n) is 8.79. The van der Waals surface area contributed by atoms with E-state index in [0.717, 1.165) is 0 Å². The molecule has 1 rings (SSSR count). The van der Waals surface area contributed by atoms with E-state index in [0.29, 0.717) is 11.3 Å². The molecule has 0 unspecified atom stereocenters. The molecule has 0 spiro atoms. The van der Waals surface area contributed by atoms with Crippen LogP contribution in [-0.4, -0.2) is 26.2 Å². The summed E-state index contributed by atoms with van der Waals surface area (Å²) >= 11 is 0. The summed E-state index contributed by atoms with van der Waals surface area (Å²) in [4.78, 5) is 13.9. The molecule has 0 saturated carbocycles. The lowest BCUT2D eigenvalue weighted by Gasteiger charge is -2.08. The van der Waals surface area contributed by atoms with Crippen LogP contribution in [0, 0.1) is 0 Å². The fraction of sp³-hybridized carbons (Fsp3) is 0.300. The fourth-order valence-corrected chi connectivity index (χ4v) is 1.11. The number of benzene rings is 1. The molecule has 0 heterocycles. The third kappa shape index (κ3) is 3.18. The molecule has 0 atom stereocenters. The summed E-state index contributed by atoms with van der Waals surface area (Å²) in [6, 6.07) is 6.72. The van der Waals surface area contributed by atoms with Crippen molar-refractivity contribution in [1.29, 1.82) is 0 Å². The quantitative estimate of drug-likeness (QED) is 0.251. The minimum Gasteiger partial charge on any atom is -0.493 e. The second-order valence-electron chi connectivity index (χ2n) is 2.79. The first kappa shape index (κ1) is 11.9. The van der Waals surface area contributed by atoms with Crippen LogP contribution >= 0.6 is 0 Å². The van der Waals surface area contributed by atoms with E-state index in [1.165, 1.54) is 7.11 Å². The third-order valence-corrected chi connectivity index (χ3v) is 1.80. The molecule has 0 amide bonds. The number of hydrogen-bond donors (Lipinski definition) is 0. The van der Waals surface area contributed by atoms with Gasteiger partial charge in [-0.3, -0.25) is 0 Å². The Morgan fingerprint density at radius 1 is 1.50 bits per heavy atom. The first-order valence-electron chi connectivity index (χ1n) is 4.60. The van der Waals surface area contributed by atoms with Gasteiger partial charge in [-0.1, -0.05) is 17.2 Å². The van der Waals surface area contributed by atoms with Gasteiger partial charge in [0.15, 0.2) is 0 Å². The number of azide groups is 1. The molecule has 0 aliphatic rings. The highest BCUT2D eigenvalue weighted by molar-refractivity contribution is 5.92. The van der Waals surface area contributed by atoms with Crippen molar-refractivity contribution in [3.63, 3.8) is 0 Å². The van der Waals surface area contributed by atoms with Crippen molar-refractivity contribution in [3.05, 3.63) is 40.3 Å². The highest BCUT2D eigenvalue weighted by Gasteiger charge is 2.11. The molecule has 0 radical (unpaired) electrons. The van der Waals surface area contributed by atoms with Crippen LogP contribution in [0.3, 0.4) is 0 Å². The molecule has 6 nitrogen and oxygen atoms in total. The van der Waals surface area contributed by atoms with Gasteiger partial charge in [0.05, 0.1) is 20.3 Å². The van der Waals surface area contributed by atoms with Gasteiger partial charge in [-0.2, -0.15) is 0 Å². The van der Waals surface area contributed by atoms with Crippen LogP contribution in [0.1, 0.15) is 10.4 Å². The van der Waals surface area contributed by atoms with Crippen LogP contribution in [0.15, 0.2) is 29.4 Å². The topological polar surface area (TPSA) is 84.3 Å². The van der Waals surface area contributed by atoms with Gasteiger partial charge in [0.2, 0.25) is 0 Å². The van der Waals surface area contributed by atoms with Crippen molar-refractivity contribution in [2.24, 2.45) is 5.11 Å². The van der Waals surface area contributed by atoms with E-state index >= 15 is 0 Å².